The van der Waals surface area contributed by atoms with Crippen LogP contribution in [0.4, 0.5) is 11.4 Å². The minimum Gasteiger partial charge on any atom is -0.466 e. The Bertz CT molecular complexity index is 2050. The molecule has 0 aliphatic carbocycles. The second-order valence-electron chi connectivity index (χ2n) is 11.9. The van der Waals surface area contributed by atoms with E-state index >= 15 is 0 Å². The van der Waals surface area contributed by atoms with E-state index in [1.807, 2.05) is 96.8 Å². The molecule has 0 aromatic heterocycles. The minimum absolute atomic E-state index is 0.0404. The fourth-order valence-electron chi connectivity index (χ4n) is 6.43. The summed E-state index contributed by atoms with van der Waals surface area (Å²) in [6.45, 7) is 3.21. The van der Waals surface area contributed by atoms with Gasteiger partial charge in [-0.05, 0) is 84.7 Å². The van der Waals surface area contributed by atoms with Crippen molar-refractivity contribution in [2.24, 2.45) is 5.92 Å². The van der Waals surface area contributed by atoms with E-state index in [9.17, 15) is 9.59 Å². The van der Waals surface area contributed by atoms with E-state index in [1.165, 1.54) is 0 Å². The predicted octanol–water partition coefficient (Wildman–Crippen LogP) is 7.03. The van der Waals surface area contributed by atoms with Crippen molar-refractivity contribution in [1.29, 1.82) is 0 Å². The number of hydrogen-bond donors (Lipinski definition) is 1. The predicted molar refractivity (Wildman–Crippen MR) is 185 cm³/mol. The Morgan fingerprint density at radius 2 is 1.51 bits per heavy atom. The first kappa shape index (κ1) is 30.1. The third-order valence-electron chi connectivity index (χ3n) is 8.77. The van der Waals surface area contributed by atoms with Gasteiger partial charge in [0.25, 0.3) is 5.91 Å². The molecule has 0 saturated carbocycles. The van der Waals surface area contributed by atoms with Gasteiger partial charge in [-0.15, -0.1) is 0 Å². The summed E-state index contributed by atoms with van der Waals surface area (Å²) in [5, 5.41) is 5.42. The smallest absolute Gasteiger partial charge is 0.309 e. The van der Waals surface area contributed by atoms with E-state index in [2.05, 4.69) is 47.8 Å². The Morgan fingerprint density at radius 1 is 0.787 bits per heavy atom. The molecule has 2 aliphatic heterocycles. The summed E-state index contributed by atoms with van der Waals surface area (Å²) >= 11 is 0. The van der Waals surface area contributed by atoms with Crippen LogP contribution >= 0.6 is 0 Å². The molecule has 5 aromatic carbocycles. The van der Waals surface area contributed by atoms with Crippen LogP contribution in [0.1, 0.15) is 46.8 Å². The van der Waals surface area contributed by atoms with Crippen LogP contribution in [0.25, 0.3) is 11.6 Å². The zero-order valence-corrected chi connectivity index (χ0v) is 26.3. The number of nitrogens with zero attached hydrogens (tertiary/aromatic N) is 1. The molecule has 2 aliphatic rings. The van der Waals surface area contributed by atoms with E-state index < -0.39 is 0 Å². The van der Waals surface area contributed by atoms with Crippen molar-refractivity contribution in [2.45, 2.75) is 19.8 Å². The van der Waals surface area contributed by atoms with Gasteiger partial charge in [0.2, 0.25) is 0 Å². The van der Waals surface area contributed by atoms with Crippen LogP contribution in [0.15, 0.2) is 121 Å². The van der Waals surface area contributed by atoms with Gasteiger partial charge in [-0.1, -0.05) is 72.8 Å². The highest BCUT2D eigenvalue weighted by Crippen LogP contribution is 2.39. The first-order valence-corrected chi connectivity index (χ1v) is 16.2. The Balaban J connectivity index is 1.31. The summed E-state index contributed by atoms with van der Waals surface area (Å²) < 4.78 is 11.9. The monoisotopic (exact) mass is 620 g/mol. The van der Waals surface area contributed by atoms with Crippen molar-refractivity contribution in [3.8, 4) is 11.5 Å². The third-order valence-corrected chi connectivity index (χ3v) is 8.77. The Morgan fingerprint density at radius 3 is 2.28 bits per heavy atom. The minimum atomic E-state index is -0.170. The lowest BCUT2D eigenvalue weighted by Crippen LogP contribution is -2.41. The summed E-state index contributed by atoms with van der Waals surface area (Å²) in [5.74, 6) is 1.06. The molecule has 0 bridgehead atoms. The molecule has 6 nitrogen and oxygen atoms in total. The number of nitrogens with one attached hydrogen (secondary N) is 1. The van der Waals surface area contributed by atoms with Gasteiger partial charge < -0.3 is 19.7 Å². The van der Waals surface area contributed by atoms with E-state index in [4.69, 9.17) is 9.47 Å². The van der Waals surface area contributed by atoms with Gasteiger partial charge in [-0.25, -0.2) is 0 Å². The maximum Gasteiger partial charge on any atom is 0.309 e. The summed E-state index contributed by atoms with van der Waals surface area (Å²) in [5.41, 5.74) is 6.32. The zero-order chi connectivity index (χ0) is 32.2. The van der Waals surface area contributed by atoms with Crippen molar-refractivity contribution in [1.82, 2.24) is 4.90 Å². The Labute approximate surface area is 274 Å². The van der Waals surface area contributed by atoms with Gasteiger partial charge in [0.1, 0.15) is 11.5 Å². The highest BCUT2D eigenvalue weighted by molar-refractivity contribution is 6.02. The van der Waals surface area contributed by atoms with Crippen LogP contribution in [-0.2, 0) is 9.53 Å². The molecular weight excluding hydrogens is 584 g/mol. The number of anilines is 2. The number of benzene rings is 5. The molecule has 0 radical (unpaired) electrons. The average Bonchev–Trinajstić information content (AvgIpc) is 3.11. The maximum atomic E-state index is 14.2. The molecule has 5 aromatic rings. The lowest BCUT2D eigenvalue weighted by atomic mass is 9.88. The van der Waals surface area contributed by atoms with Crippen LogP contribution in [0, 0.1) is 5.92 Å². The number of carbonyl (C=O) groups is 2. The zero-order valence-electron chi connectivity index (χ0n) is 26.3. The van der Waals surface area contributed by atoms with E-state index in [1.54, 1.807) is 0 Å². The maximum absolute atomic E-state index is 14.2. The van der Waals surface area contributed by atoms with Gasteiger partial charge >= 0.3 is 5.97 Å². The van der Waals surface area contributed by atoms with Gasteiger partial charge in [0, 0.05) is 52.4 Å². The molecule has 7 rings (SSSR count). The second kappa shape index (κ2) is 13.4. The number of rotatable bonds is 7. The number of hydrogen-bond acceptors (Lipinski definition) is 5. The van der Waals surface area contributed by atoms with Gasteiger partial charge in [-0.2, -0.15) is 0 Å². The average molecular weight is 621 g/mol. The molecule has 6 heteroatoms. The van der Waals surface area contributed by atoms with Crippen molar-refractivity contribution in [3.05, 3.63) is 154 Å². The normalized spacial score (nSPS) is 14.5. The first-order chi connectivity index (χ1) is 23.1. The number of carbonyl (C=O) groups excluding carboxylic acids is 2. The molecule has 2 heterocycles. The van der Waals surface area contributed by atoms with Crippen LogP contribution in [0.2, 0.25) is 0 Å². The molecule has 234 valence electrons. The summed E-state index contributed by atoms with van der Waals surface area (Å²) in [6.07, 6.45) is 3.32. The van der Waals surface area contributed by atoms with Crippen LogP contribution in [0.5, 0.6) is 11.5 Å². The molecule has 47 heavy (non-hydrogen) atoms. The number of piperidine rings is 1. The number of esters is 1. The van der Waals surface area contributed by atoms with Gasteiger partial charge in [0.05, 0.1) is 12.5 Å². The second-order valence-corrected chi connectivity index (χ2v) is 11.9. The van der Waals surface area contributed by atoms with Crippen molar-refractivity contribution in [2.75, 3.05) is 25.0 Å². The fourth-order valence-corrected chi connectivity index (χ4v) is 6.43. The number of ether oxygens (including phenoxy) is 2. The van der Waals surface area contributed by atoms with E-state index in [0.29, 0.717) is 43.9 Å². The van der Waals surface area contributed by atoms with Crippen molar-refractivity contribution >= 4 is 34.9 Å². The summed E-state index contributed by atoms with van der Waals surface area (Å²) in [6, 6.07) is 40.4. The van der Waals surface area contributed by atoms with Crippen LogP contribution in [-0.4, -0.2) is 36.5 Å². The van der Waals surface area contributed by atoms with E-state index in [-0.39, 0.29) is 17.8 Å². The van der Waals surface area contributed by atoms with Gasteiger partial charge in [-0.3, -0.25) is 9.59 Å². The van der Waals surface area contributed by atoms with Gasteiger partial charge in [0.15, 0.2) is 0 Å². The summed E-state index contributed by atoms with van der Waals surface area (Å²) in [7, 11) is 0. The topological polar surface area (TPSA) is 67.9 Å². The molecular formula is C41H36N2O4. The Hall–Kier alpha value is -5.62. The SMILES string of the molecule is CCOC(=O)C1CCN(C(=O)c2ccccc2C2=c3cc/c(=C\c4ccccc4)cc3Oc3cc(Nc4ccccc4)ccc32)CC1. The molecule has 0 spiro atoms. The lowest BCUT2D eigenvalue weighted by Gasteiger charge is -2.32. The molecule has 1 N–H and O–H groups in total. The third kappa shape index (κ3) is 6.40. The number of fused-ring (bicyclic) bond motifs is 2. The molecule has 1 saturated heterocycles. The highest BCUT2D eigenvalue weighted by Gasteiger charge is 2.31. The Kier molecular flexibility index (Phi) is 8.56. The first-order valence-electron chi connectivity index (χ1n) is 16.2. The molecule has 1 fully saturated rings. The quantitative estimate of drug-likeness (QED) is 0.194. The number of amides is 1. The highest BCUT2D eigenvalue weighted by atomic mass is 16.5. The lowest BCUT2D eigenvalue weighted by molar-refractivity contribution is -0.149. The van der Waals surface area contributed by atoms with Crippen molar-refractivity contribution < 1.29 is 19.1 Å². The fraction of sp³-hybridized carbons (Fsp3) is 0.171. The molecule has 0 atom stereocenters. The van der Waals surface area contributed by atoms with Crippen molar-refractivity contribution in [3.63, 3.8) is 0 Å². The standard InChI is InChI=1S/C41H36N2O4/c1-2-46-41(45)30-21-23-43(24-22-30)40(44)34-16-10-9-15-33(34)39-35-19-17-29(25-28-11-5-3-6-12-28)26-37(35)47-38-27-32(18-20-36(38)39)42-31-13-7-4-8-14-31/h3-20,25-27,30,42H,2,21-24H2,1H3/b29-25+. The summed E-state index contributed by atoms with van der Waals surface area (Å²) in [4.78, 5) is 28.4. The molecule has 0 unspecified atom stereocenters. The van der Waals surface area contributed by atoms with Crippen LogP contribution in [0.3, 0.4) is 0 Å². The molecule has 1 amide bonds. The van der Waals surface area contributed by atoms with E-state index in [0.717, 1.165) is 49.8 Å². The number of likely N-dealkylation sites (tertiary alicyclic amines) is 1. The largest absolute Gasteiger partial charge is 0.466 e. The number of para-hydroxylation sites is 1. The van der Waals surface area contributed by atoms with Crippen LogP contribution < -0.4 is 20.5 Å².